The summed E-state index contributed by atoms with van der Waals surface area (Å²) >= 11 is 0. The molecule has 1 fully saturated rings. The molecule has 0 unspecified atom stereocenters. The summed E-state index contributed by atoms with van der Waals surface area (Å²) in [6.45, 7) is 0.786. The van der Waals surface area contributed by atoms with Gasteiger partial charge >= 0.3 is 6.03 Å². The van der Waals surface area contributed by atoms with Crippen molar-refractivity contribution < 1.29 is 14.8 Å². The van der Waals surface area contributed by atoms with E-state index in [1.54, 1.807) is 15.8 Å². The Labute approximate surface area is 138 Å². The lowest BCUT2D eigenvalue weighted by atomic mass is 9.99. The van der Waals surface area contributed by atoms with Crippen LogP contribution in [0.5, 0.6) is 0 Å². The zero-order valence-electron chi connectivity index (χ0n) is 13.1. The Kier molecular flexibility index (Phi) is 3.46. The van der Waals surface area contributed by atoms with E-state index in [4.69, 9.17) is 10.0 Å². The smallest absolute Gasteiger partial charge is 0.345 e. The Balaban J connectivity index is 1.64. The normalized spacial score (nSPS) is 22.5. The standard InChI is InChI=1S/C16H17N5O3/c1-19-15-12(7-17-19)14-9-20(13(15)8-18-23)16(22)21(14)24-10-11-5-3-2-4-6-11/h2-8,13-14,23H,9-10H2,1H3/b18-8+/t13-,14+/m1/s1. The molecule has 0 saturated carbocycles. The fourth-order valence-electron chi connectivity index (χ4n) is 3.36. The SMILES string of the molecule is Cn1ncc2c1[C@@H](/C=N/O)N1C[C@@H]2N(OCc2ccccc2)C1=O. The molecule has 2 aliphatic heterocycles. The highest BCUT2D eigenvalue weighted by atomic mass is 16.7. The van der Waals surface area contributed by atoms with E-state index in [0.29, 0.717) is 13.2 Å². The number of fused-ring (bicyclic) bond motifs is 4. The molecule has 2 bridgehead atoms. The van der Waals surface area contributed by atoms with E-state index >= 15 is 0 Å². The third-order valence-electron chi connectivity index (χ3n) is 4.50. The Hall–Kier alpha value is -2.87. The first kappa shape index (κ1) is 14.7. The lowest BCUT2D eigenvalue weighted by Crippen LogP contribution is -2.36. The molecule has 2 amide bonds. The first-order chi connectivity index (χ1) is 11.7. The van der Waals surface area contributed by atoms with Gasteiger partial charge in [-0.2, -0.15) is 10.2 Å². The molecule has 2 atom stereocenters. The van der Waals surface area contributed by atoms with Gasteiger partial charge in [0.2, 0.25) is 0 Å². The van der Waals surface area contributed by atoms with Crippen LogP contribution in [0.25, 0.3) is 0 Å². The summed E-state index contributed by atoms with van der Waals surface area (Å²) in [5, 5.41) is 17.8. The van der Waals surface area contributed by atoms with Crippen molar-refractivity contribution in [2.45, 2.75) is 18.7 Å². The van der Waals surface area contributed by atoms with Crippen molar-refractivity contribution in [3.8, 4) is 0 Å². The molecule has 1 aromatic heterocycles. The lowest BCUT2D eigenvalue weighted by molar-refractivity contribution is -0.141. The molecule has 8 heteroatoms. The van der Waals surface area contributed by atoms with Crippen molar-refractivity contribution in [3.63, 3.8) is 0 Å². The van der Waals surface area contributed by atoms with Crippen LogP contribution in [0.2, 0.25) is 0 Å². The van der Waals surface area contributed by atoms with Gasteiger partial charge in [0.1, 0.15) is 18.7 Å². The average molecular weight is 327 g/mol. The molecule has 1 N–H and O–H groups in total. The number of carbonyl (C=O) groups is 1. The first-order valence-corrected chi connectivity index (χ1v) is 7.66. The van der Waals surface area contributed by atoms with Crippen LogP contribution in [-0.2, 0) is 18.5 Å². The summed E-state index contributed by atoms with van der Waals surface area (Å²) in [5.74, 6) is 0. The van der Waals surface area contributed by atoms with Gasteiger partial charge in [0.05, 0.1) is 24.7 Å². The Bertz CT molecular complexity index is 788. The number of oxime groups is 1. The molecule has 1 saturated heterocycles. The third kappa shape index (κ3) is 2.15. The van der Waals surface area contributed by atoms with Crippen molar-refractivity contribution in [3.05, 3.63) is 53.3 Å². The Morgan fingerprint density at radius 2 is 2.21 bits per heavy atom. The number of rotatable bonds is 4. The molecule has 4 rings (SSSR count). The van der Waals surface area contributed by atoms with Gasteiger partial charge in [0.15, 0.2) is 0 Å². The summed E-state index contributed by atoms with van der Waals surface area (Å²) in [7, 11) is 1.81. The van der Waals surface area contributed by atoms with Crippen molar-refractivity contribution in [1.29, 1.82) is 0 Å². The maximum absolute atomic E-state index is 12.7. The number of amides is 2. The second-order valence-electron chi connectivity index (χ2n) is 5.85. The van der Waals surface area contributed by atoms with Crippen molar-refractivity contribution in [2.24, 2.45) is 12.2 Å². The van der Waals surface area contributed by atoms with E-state index in [9.17, 15) is 4.79 Å². The summed E-state index contributed by atoms with van der Waals surface area (Å²) in [5.41, 5.74) is 2.74. The second-order valence-corrected chi connectivity index (χ2v) is 5.85. The number of hydrogen-bond donors (Lipinski definition) is 1. The van der Waals surface area contributed by atoms with Crippen LogP contribution in [0, 0.1) is 0 Å². The predicted molar refractivity (Wildman–Crippen MR) is 84.1 cm³/mol. The van der Waals surface area contributed by atoms with E-state index < -0.39 is 6.04 Å². The van der Waals surface area contributed by atoms with E-state index in [1.165, 1.54) is 11.3 Å². The number of nitrogens with zero attached hydrogens (tertiary/aromatic N) is 5. The minimum Gasteiger partial charge on any atom is -0.411 e. The molecule has 0 radical (unpaired) electrons. The van der Waals surface area contributed by atoms with Crippen LogP contribution in [0.1, 0.15) is 28.9 Å². The molecule has 1 aromatic carbocycles. The average Bonchev–Trinajstić information content (AvgIpc) is 3.11. The summed E-state index contributed by atoms with van der Waals surface area (Å²) in [4.78, 5) is 20.2. The summed E-state index contributed by atoms with van der Waals surface area (Å²) < 4.78 is 1.70. The number of aryl methyl sites for hydroxylation is 1. The Morgan fingerprint density at radius 1 is 1.42 bits per heavy atom. The van der Waals surface area contributed by atoms with E-state index in [1.807, 2.05) is 37.4 Å². The number of aromatic nitrogens is 2. The largest absolute Gasteiger partial charge is 0.411 e. The molecule has 3 heterocycles. The van der Waals surface area contributed by atoms with Crippen LogP contribution in [-0.4, -0.2) is 43.7 Å². The van der Waals surface area contributed by atoms with Crippen LogP contribution in [0.3, 0.4) is 0 Å². The highest BCUT2D eigenvalue weighted by molar-refractivity contribution is 5.83. The first-order valence-electron chi connectivity index (χ1n) is 7.66. The number of benzene rings is 1. The van der Waals surface area contributed by atoms with Crippen LogP contribution in [0.4, 0.5) is 4.79 Å². The van der Waals surface area contributed by atoms with Gasteiger partial charge in [0, 0.05) is 12.6 Å². The molecular formula is C16H17N5O3. The highest BCUT2D eigenvalue weighted by Crippen LogP contribution is 2.43. The minimum atomic E-state index is -0.452. The van der Waals surface area contributed by atoms with Crippen molar-refractivity contribution in [2.75, 3.05) is 6.54 Å². The van der Waals surface area contributed by atoms with Crippen LogP contribution >= 0.6 is 0 Å². The van der Waals surface area contributed by atoms with Gasteiger partial charge in [-0.3, -0.25) is 9.52 Å². The quantitative estimate of drug-likeness (QED) is 0.528. The number of hydroxylamine groups is 2. The molecule has 0 aliphatic carbocycles. The number of urea groups is 1. The van der Waals surface area contributed by atoms with E-state index in [0.717, 1.165) is 16.8 Å². The second kappa shape index (κ2) is 5.64. The van der Waals surface area contributed by atoms with E-state index in [2.05, 4.69) is 10.3 Å². The monoisotopic (exact) mass is 327 g/mol. The van der Waals surface area contributed by atoms with Gasteiger partial charge in [-0.15, -0.1) is 0 Å². The summed E-state index contributed by atoms with van der Waals surface area (Å²) in [6.07, 6.45) is 3.09. The maximum atomic E-state index is 12.7. The maximum Gasteiger partial charge on any atom is 0.345 e. The van der Waals surface area contributed by atoms with Gasteiger partial charge in [0.25, 0.3) is 0 Å². The Morgan fingerprint density at radius 3 is 2.96 bits per heavy atom. The van der Waals surface area contributed by atoms with Gasteiger partial charge in [-0.25, -0.2) is 4.79 Å². The van der Waals surface area contributed by atoms with Gasteiger partial charge in [-0.1, -0.05) is 35.5 Å². The molecule has 8 nitrogen and oxygen atoms in total. The topological polar surface area (TPSA) is 83.2 Å². The fraction of sp³-hybridized carbons (Fsp3) is 0.312. The minimum absolute atomic E-state index is 0.215. The number of hydrogen-bond acceptors (Lipinski definition) is 5. The molecule has 2 aromatic rings. The van der Waals surface area contributed by atoms with Crippen molar-refractivity contribution in [1.82, 2.24) is 19.7 Å². The van der Waals surface area contributed by atoms with Crippen molar-refractivity contribution >= 4 is 12.2 Å². The van der Waals surface area contributed by atoms with E-state index in [-0.39, 0.29) is 12.1 Å². The predicted octanol–water partition coefficient (Wildman–Crippen LogP) is 1.85. The molecular weight excluding hydrogens is 310 g/mol. The number of carbonyl (C=O) groups excluding carboxylic acids is 1. The van der Waals surface area contributed by atoms with Gasteiger partial charge < -0.3 is 10.1 Å². The zero-order valence-corrected chi connectivity index (χ0v) is 13.1. The molecule has 2 aliphatic rings. The summed E-state index contributed by atoms with van der Waals surface area (Å²) in [6, 6.07) is 8.78. The third-order valence-corrected chi connectivity index (χ3v) is 4.50. The zero-order chi connectivity index (χ0) is 16.7. The lowest BCUT2D eigenvalue weighted by Gasteiger charge is -2.28. The molecule has 24 heavy (non-hydrogen) atoms. The fourth-order valence-corrected chi connectivity index (χ4v) is 3.36. The highest BCUT2D eigenvalue weighted by Gasteiger charge is 2.50. The molecule has 124 valence electrons. The van der Waals surface area contributed by atoms with Crippen LogP contribution in [0.15, 0.2) is 41.7 Å². The molecule has 0 spiro atoms. The van der Waals surface area contributed by atoms with Gasteiger partial charge in [-0.05, 0) is 5.56 Å². The van der Waals surface area contributed by atoms with Crippen LogP contribution < -0.4 is 0 Å².